The molecule has 132 valence electrons. The van der Waals surface area contributed by atoms with Gasteiger partial charge in [-0.15, -0.1) is 12.4 Å². The largest absolute Gasteiger partial charge is 0.362 e. The summed E-state index contributed by atoms with van der Waals surface area (Å²) >= 11 is 0. The van der Waals surface area contributed by atoms with Crippen molar-refractivity contribution in [2.75, 3.05) is 5.32 Å². The first-order valence-electron chi connectivity index (χ1n) is 7.97. The summed E-state index contributed by atoms with van der Waals surface area (Å²) in [4.78, 5) is 9.08. The fraction of sp³-hybridized carbons (Fsp3) is 0.105. The molecule has 0 bridgehead atoms. The normalized spacial score (nSPS) is 11.8. The maximum absolute atomic E-state index is 13.4. The number of fused-ring (bicyclic) bond motifs is 1. The van der Waals surface area contributed by atoms with Crippen molar-refractivity contribution in [1.29, 1.82) is 0 Å². The number of H-pyrrole nitrogens is 1. The fourth-order valence-corrected chi connectivity index (χ4v) is 2.75. The van der Waals surface area contributed by atoms with Crippen molar-refractivity contribution in [1.82, 2.24) is 20.2 Å². The zero-order chi connectivity index (χ0) is 17.2. The van der Waals surface area contributed by atoms with Crippen molar-refractivity contribution in [3.63, 3.8) is 0 Å². The lowest BCUT2D eigenvalue weighted by molar-refractivity contribution is 0.623. The molecule has 0 aliphatic carbocycles. The topological polar surface area (TPSA) is 66.5 Å². The van der Waals surface area contributed by atoms with Gasteiger partial charge >= 0.3 is 0 Å². The Morgan fingerprint density at radius 1 is 1.04 bits per heavy atom. The molecule has 26 heavy (non-hydrogen) atoms. The predicted molar refractivity (Wildman–Crippen MR) is 103 cm³/mol. The zero-order valence-electron chi connectivity index (χ0n) is 14.0. The lowest BCUT2D eigenvalue weighted by Crippen LogP contribution is -2.08. The molecule has 7 heteroatoms. The van der Waals surface area contributed by atoms with Crippen LogP contribution in [0, 0.1) is 5.82 Å². The SMILES string of the molecule is C[C@@H](Nc1cnc2cc(-c3cn[nH]c3)ccc2n1)c1cccc(F)c1.Cl. The molecular weight excluding hydrogens is 353 g/mol. The van der Waals surface area contributed by atoms with Crippen LogP contribution in [0.3, 0.4) is 0 Å². The molecule has 2 N–H and O–H groups in total. The molecule has 2 aromatic carbocycles. The van der Waals surface area contributed by atoms with E-state index in [2.05, 4.69) is 25.5 Å². The van der Waals surface area contributed by atoms with Crippen molar-refractivity contribution in [3.05, 3.63) is 72.4 Å². The van der Waals surface area contributed by atoms with E-state index in [4.69, 9.17) is 0 Å². The molecule has 0 saturated carbocycles. The van der Waals surface area contributed by atoms with Gasteiger partial charge in [-0.25, -0.2) is 9.37 Å². The summed E-state index contributed by atoms with van der Waals surface area (Å²) < 4.78 is 13.4. The summed E-state index contributed by atoms with van der Waals surface area (Å²) in [5.41, 5.74) is 4.50. The van der Waals surface area contributed by atoms with Crippen LogP contribution in [0.4, 0.5) is 10.2 Å². The van der Waals surface area contributed by atoms with E-state index in [1.54, 1.807) is 18.5 Å². The van der Waals surface area contributed by atoms with Crippen LogP contribution in [0.15, 0.2) is 61.1 Å². The van der Waals surface area contributed by atoms with E-state index < -0.39 is 0 Å². The molecule has 2 heterocycles. The number of anilines is 1. The Morgan fingerprint density at radius 2 is 1.92 bits per heavy atom. The Morgan fingerprint density at radius 3 is 2.69 bits per heavy atom. The maximum Gasteiger partial charge on any atom is 0.145 e. The minimum Gasteiger partial charge on any atom is -0.362 e. The third-order valence-corrected chi connectivity index (χ3v) is 4.09. The van der Waals surface area contributed by atoms with Crippen molar-refractivity contribution in [3.8, 4) is 11.1 Å². The van der Waals surface area contributed by atoms with E-state index >= 15 is 0 Å². The summed E-state index contributed by atoms with van der Waals surface area (Å²) in [6.07, 6.45) is 5.30. The van der Waals surface area contributed by atoms with Crippen LogP contribution in [0.1, 0.15) is 18.5 Å². The molecule has 4 rings (SSSR count). The summed E-state index contributed by atoms with van der Waals surface area (Å²) in [6.45, 7) is 1.96. The van der Waals surface area contributed by atoms with Crippen molar-refractivity contribution in [2.24, 2.45) is 0 Å². The number of aromatic amines is 1. The van der Waals surface area contributed by atoms with Gasteiger partial charge < -0.3 is 5.32 Å². The number of nitrogens with one attached hydrogen (secondary N) is 2. The lowest BCUT2D eigenvalue weighted by atomic mass is 10.1. The fourth-order valence-electron chi connectivity index (χ4n) is 2.75. The number of aromatic nitrogens is 4. The van der Waals surface area contributed by atoms with Gasteiger partial charge in [0.1, 0.15) is 11.6 Å². The number of benzene rings is 2. The second-order valence-corrected chi connectivity index (χ2v) is 5.87. The quantitative estimate of drug-likeness (QED) is 0.544. The standard InChI is InChI=1S/C19H16FN5.ClH/c1-12(13-3-2-4-16(20)7-13)24-19-11-21-18-8-14(5-6-17(18)25-19)15-9-22-23-10-15;/h2-12H,1H3,(H,22,23)(H,24,25);1H/t12-;/m1./s1. The zero-order valence-corrected chi connectivity index (χ0v) is 14.8. The number of hydrogen-bond acceptors (Lipinski definition) is 4. The van der Waals surface area contributed by atoms with Crippen LogP contribution < -0.4 is 5.32 Å². The minimum absolute atomic E-state index is 0. The number of hydrogen-bond donors (Lipinski definition) is 2. The molecule has 0 aliphatic rings. The molecule has 0 amide bonds. The van der Waals surface area contributed by atoms with E-state index in [1.165, 1.54) is 12.1 Å². The minimum atomic E-state index is -0.248. The van der Waals surface area contributed by atoms with Gasteiger partial charge in [0, 0.05) is 11.8 Å². The molecule has 0 radical (unpaired) electrons. The highest BCUT2D eigenvalue weighted by Crippen LogP contribution is 2.24. The van der Waals surface area contributed by atoms with Gasteiger partial charge in [0.2, 0.25) is 0 Å². The molecule has 2 aromatic heterocycles. The van der Waals surface area contributed by atoms with Crippen LogP contribution >= 0.6 is 12.4 Å². The first kappa shape index (κ1) is 17.8. The molecule has 0 unspecified atom stereocenters. The summed E-state index contributed by atoms with van der Waals surface area (Å²) in [6, 6.07) is 12.4. The second-order valence-electron chi connectivity index (χ2n) is 5.87. The molecule has 1 atom stereocenters. The highest BCUT2D eigenvalue weighted by atomic mass is 35.5. The van der Waals surface area contributed by atoms with Gasteiger partial charge in [-0.2, -0.15) is 5.10 Å². The molecule has 0 aliphatic heterocycles. The van der Waals surface area contributed by atoms with E-state index in [0.717, 1.165) is 27.7 Å². The Hall–Kier alpha value is -2.99. The molecular formula is C19H17ClFN5. The van der Waals surface area contributed by atoms with Gasteiger partial charge in [0.15, 0.2) is 0 Å². The predicted octanol–water partition coefficient (Wildman–Crippen LogP) is 4.75. The lowest BCUT2D eigenvalue weighted by Gasteiger charge is -2.15. The molecule has 5 nitrogen and oxygen atoms in total. The average molecular weight is 370 g/mol. The molecule has 4 aromatic rings. The second kappa shape index (κ2) is 7.49. The van der Waals surface area contributed by atoms with E-state index in [-0.39, 0.29) is 24.3 Å². The Bertz CT molecular complexity index is 1020. The van der Waals surface area contributed by atoms with Crippen LogP contribution in [0.25, 0.3) is 22.2 Å². The van der Waals surface area contributed by atoms with Gasteiger partial charge in [-0.3, -0.25) is 10.1 Å². The van der Waals surface area contributed by atoms with Crippen LogP contribution in [-0.2, 0) is 0 Å². The number of rotatable bonds is 4. The molecule has 0 fully saturated rings. The first-order chi connectivity index (χ1) is 12.2. The summed E-state index contributed by atoms with van der Waals surface area (Å²) in [7, 11) is 0. The Kier molecular flexibility index (Phi) is 5.14. The highest BCUT2D eigenvalue weighted by molar-refractivity contribution is 5.85. The average Bonchev–Trinajstić information content (AvgIpc) is 3.16. The first-order valence-corrected chi connectivity index (χ1v) is 7.97. The van der Waals surface area contributed by atoms with Crippen LogP contribution in [0.2, 0.25) is 0 Å². The van der Waals surface area contributed by atoms with Crippen LogP contribution in [0.5, 0.6) is 0 Å². The van der Waals surface area contributed by atoms with Gasteiger partial charge in [0.05, 0.1) is 29.5 Å². The highest BCUT2D eigenvalue weighted by Gasteiger charge is 2.09. The summed E-state index contributed by atoms with van der Waals surface area (Å²) in [5, 5.41) is 10.0. The summed E-state index contributed by atoms with van der Waals surface area (Å²) in [5.74, 6) is 0.405. The molecule has 0 saturated heterocycles. The maximum atomic E-state index is 13.4. The van der Waals surface area contributed by atoms with Crippen molar-refractivity contribution in [2.45, 2.75) is 13.0 Å². The van der Waals surface area contributed by atoms with Gasteiger partial charge in [0.25, 0.3) is 0 Å². The Labute approximate surface area is 156 Å². The van der Waals surface area contributed by atoms with Gasteiger partial charge in [-0.05, 0) is 42.3 Å². The third-order valence-electron chi connectivity index (χ3n) is 4.09. The van der Waals surface area contributed by atoms with Crippen molar-refractivity contribution >= 4 is 29.3 Å². The molecule has 0 spiro atoms. The Balaban J connectivity index is 0.00000196. The monoisotopic (exact) mass is 369 g/mol. The smallest absolute Gasteiger partial charge is 0.145 e. The number of nitrogens with zero attached hydrogens (tertiary/aromatic N) is 3. The van der Waals surface area contributed by atoms with E-state index in [9.17, 15) is 4.39 Å². The van der Waals surface area contributed by atoms with E-state index in [1.807, 2.05) is 37.4 Å². The third kappa shape index (κ3) is 3.65. The van der Waals surface area contributed by atoms with Crippen LogP contribution in [-0.4, -0.2) is 20.2 Å². The number of halogens is 2. The van der Waals surface area contributed by atoms with Gasteiger partial charge in [-0.1, -0.05) is 18.2 Å². The van der Waals surface area contributed by atoms with Crippen molar-refractivity contribution < 1.29 is 4.39 Å². The van der Waals surface area contributed by atoms with E-state index in [0.29, 0.717) is 5.82 Å².